The van der Waals surface area contributed by atoms with E-state index in [1.165, 1.54) is 0 Å². The van der Waals surface area contributed by atoms with Gasteiger partial charge in [0.15, 0.2) is 6.54 Å². The zero-order chi connectivity index (χ0) is 23.3. The van der Waals surface area contributed by atoms with Crippen LogP contribution in [-0.4, -0.2) is 61.1 Å². The van der Waals surface area contributed by atoms with E-state index in [-0.39, 0.29) is 13.2 Å². The molecule has 1 aliphatic heterocycles. The molecule has 0 bridgehead atoms. The molecule has 1 fully saturated rings. The number of esters is 2. The van der Waals surface area contributed by atoms with Gasteiger partial charge in [-0.1, -0.05) is 6.92 Å². The molecule has 15 heteroatoms. The summed E-state index contributed by atoms with van der Waals surface area (Å²) in [5.74, 6) is -5.23. The van der Waals surface area contributed by atoms with Crippen LogP contribution in [0.5, 0.6) is 0 Å². The van der Waals surface area contributed by atoms with Gasteiger partial charge in [0.25, 0.3) is 12.2 Å². The molecule has 14 nitrogen and oxygen atoms in total. The molecule has 1 N–H and O–H groups in total. The first-order chi connectivity index (χ1) is 14.6. The van der Waals surface area contributed by atoms with Gasteiger partial charge in [-0.2, -0.15) is 4.57 Å². The van der Waals surface area contributed by atoms with E-state index < -0.39 is 68.3 Å². The van der Waals surface area contributed by atoms with E-state index in [0.717, 1.165) is 22.7 Å². The minimum absolute atomic E-state index is 0.0996. The largest absolute Gasteiger partial charge is 0.466 e. The zero-order valence-electron chi connectivity index (χ0n) is 16.9. The van der Waals surface area contributed by atoms with Gasteiger partial charge < -0.3 is 35.0 Å². The lowest BCUT2D eigenvalue weighted by atomic mass is 9.91. The van der Waals surface area contributed by atoms with Crippen LogP contribution in [0.2, 0.25) is 0 Å². The number of imidazole rings is 1. The van der Waals surface area contributed by atoms with Crippen molar-refractivity contribution in [2.45, 2.75) is 37.9 Å². The van der Waals surface area contributed by atoms with Crippen LogP contribution in [0.1, 0.15) is 20.8 Å². The average Bonchev–Trinajstić information content (AvgIpc) is 3.23. The first kappa shape index (κ1) is 24.0. The van der Waals surface area contributed by atoms with Gasteiger partial charge in [0.05, 0.1) is 24.5 Å². The van der Waals surface area contributed by atoms with Gasteiger partial charge in [0.2, 0.25) is 0 Å². The highest BCUT2D eigenvalue weighted by Gasteiger charge is 2.50. The molecule has 170 valence electrons. The Morgan fingerprint density at radius 2 is 1.77 bits per heavy atom. The quantitative estimate of drug-likeness (QED) is 0.310. The maximum atomic E-state index is 12.5. The first-order valence-corrected chi connectivity index (χ1v) is 10.2. The molecule has 1 amide bonds. The van der Waals surface area contributed by atoms with Crippen LogP contribution in [0.25, 0.3) is 0 Å². The van der Waals surface area contributed by atoms with E-state index in [1.807, 2.05) is 0 Å². The Kier molecular flexibility index (Phi) is 7.90. The Labute approximate surface area is 179 Å². The molecular weight excluding hydrogens is 438 g/mol. The predicted octanol–water partition coefficient (Wildman–Crippen LogP) is 0.636. The fourth-order valence-electron chi connectivity index (χ4n) is 3.18. The topological polar surface area (TPSA) is 186 Å². The molecule has 0 saturated carbocycles. The fraction of sp³-hybridized carbons (Fsp3) is 0.625. The van der Waals surface area contributed by atoms with Crippen LogP contribution in [0.15, 0.2) is 6.33 Å². The summed E-state index contributed by atoms with van der Waals surface area (Å²) in [5.41, 5.74) is 0. The van der Waals surface area contributed by atoms with Gasteiger partial charge in [-0.25, -0.2) is 0 Å². The van der Waals surface area contributed by atoms with E-state index in [9.17, 15) is 34.6 Å². The normalized spacial score (nSPS) is 22.5. The predicted molar refractivity (Wildman–Crippen MR) is 105 cm³/mol. The van der Waals surface area contributed by atoms with Gasteiger partial charge >= 0.3 is 23.6 Å². The molecule has 2 heterocycles. The van der Waals surface area contributed by atoms with Gasteiger partial charge in [-0.15, -0.1) is 11.8 Å². The van der Waals surface area contributed by atoms with Gasteiger partial charge in [0, 0.05) is 4.98 Å². The first-order valence-electron chi connectivity index (χ1n) is 9.24. The number of carbonyl (C=O) groups is 3. The third kappa shape index (κ3) is 5.28. The van der Waals surface area contributed by atoms with Crippen molar-refractivity contribution in [2.24, 2.45) is 11.8 Å². The summed E-state index contributed by atoms with van der Waals surface area (Å²) in [5, 5.41) is 23.0. The number of hydrogen-bond donors (Lipinski definition) is 1. The van der Waals surface area contributed by atoms with Crippen LogP contribution in [-0.2, 0) is 30.4 Å². The highest BCUT2D eigenvalue weighted by atomic mass is 32.2. The number of nitrogens with zero attached hydrogens (tertiary/aromatic N) is 4. The van der Waals surface area contributed by atoms with Crippen molar-refractivity contribution in [3.8, 4) is 0 Å². The number of thioether (sulfide) groups is 1. The Balaban J connectivity index is 2.21. The molecule has 31 heavy (non-hydrogen) atoms. The Morgan fingerprint density at radius 3 is 2.32 bits per heavy atom. The standard InChI is InChI=1S/C16H21N5O9S/c1-4-29-15(23)10-8(3)11(16(24)30-5-2)31-13(10)18-9(22)6-19-7-17-12(20(25)26)14(19)21(27)28/h7-8,10-11,13H,4-6H2,1-3H3,(H,18,22)/t8-,10-,11-,13+/m1/s1. The lowest BCUT2D eigenvalue weighted by Gasteiger charge is -2.21. The van der Waals surface area contributed by atoms with Crippen molar-refractivity contribution in [2.75, 3.05) is 13.2 Å². The van der Waals surface area contributed by atoms with Crippen molar-refractivity contribution in [1.29, 1.82) is 0 Å². The summed E-state index contributed by atoms with van der Waals surface area (Å²) in [4.78, 5) is 60.6. The minimum Gasteiger partial charge on any atom is -0.466 e. The summed E-state index contributed by atoms with van der Waals surface area (Å²) >= 11 is 1.01. The average molecular weight is 459 g/mol. The van der Waals surface area contributed by atoms with E-state index in [0.29, 0.717) is 0 Å². The highest BCUT2D eigenvalue weighted by molar-refractivity contribution is 8.01. The van der Waals surface area contributed by atoms with Crippen LogP contribution >= 0.6 is 11.8 Å². The second-order valence-electron chi connectivity index (χ2n) is 6.47. The van der Waals surface area contributed by atoms with E-state index in [1.54, 1.807) is 20.8 Å². The van der Waals surface area contributed by atoms with Crippen LogP contribution in [0.3, 0.4) is 0 Å². The van der Waals surface area contributed by atoms with Gasteiger partial charge in [0.1, 0.15) is 5.25 Å². The number of nitrogens with one attached hydrogen (secondary N) is 1. The summed E-state index contributed by atoms with van der Waals surface area (Å²) in [6.07, 6.45) is 0.810. The lowest BCUT2D eigenvalue weighted by molar-refractivity contribution is -0.428. The number of nitro groups is 2. The highest BCUT2D eigenvalue weighted by Crippen LogP contribution is 2.43. The lowest BCUT2D eigenvalue weighted by Crippen LogP contribution is -2.42. The van der Waals surface area contributed by atoms with Crippen molar-refractivity contribution in [1.82, 2.24) is 14.9 Å². The molecule has 1 saturated heterocycles. The third-order valence-corrected chi connectivity index (χ3v) is 6.11. The molecule has 0 spiro atoms. The second-order valence-corrected chi connectivity index (χ2v) is 7.76. The van der Waals surface area contributed by atoms with E-state index >= 15 is 0 Å². The van der Waals surface area contributed by atoms with Crippen molar-refractivity contribution >= 4 is 41.2 Å². The Bertz CT molecular complexity index is 889. The second kappa shape index (κ2) is 10.2. The molecular formula is C16H21N5O9S. The number of amides is 1. The minimum atomic E-state index is -1.03. The molecule has 1 aromatic heterocycles. The monoisotopic (exact) mass is 459 g/mol. The molecule has 0 radical (unpaired) electrons. The number of ether oxygens (including phenoxy) is 2. The number of aromatic nitrogens is 2. The Hall–Kier alpha value is -3.23. The molecule has 1 aliphatic rings. The molecule has 1 aromatic rings. The summed E-state index contributed by atoms with van der Waals surface area (Å²) < 4.78 is 10.8. The van der Waals surface area contributed by atoms with E-state index in [2.05, 4.69) is 10.3 Å². The molecule has 0 aromatic carbocycles. The summed E-state index contributed by atoms with van der Waals surface area (Å²) in [6, 6.07) is 0. The molecule has 0 aliphatic carbocycles. The smallest absolute Gasteiger partial charge is 0.462 e. The van der Waals surface area contributed by atoms with Crippen molar-refractivity contribution in [3.63, 3.8) is 0 Å². The van der Waals surface area contributed by atoms with Crippen molar-refractivity contribution < 1.29 is 33.7 Å². The maximum Gasteiger partial charge on any atom is 0.462 e. The van der Waals surface area contributed by atoms with Crippen LogP contribution in [0, 0.1) is 32.1 Å². The van der Waals surface area contributed by atoms with Crippen LogP contribution < -0.4 is 5.32 Å². The number of carbonyl (C=O) groups excluding carboxylic acids is 3. The zero-order valence-corrected chi connectivity index (χ0v) is 17.7. The van der Waals surface area contributed by atoms with Gasteiger partial charge in [-0.3, -0.25) is 14.4 Å². The fourth-order valence-corrected chi connectivity index (χ4v) is 4.82. The molecule has 4 atom stereocenters. The van der Waals surface area contributed by atoms with Crippen LogP contribution in [0.4, 0.5) is 11.6 Å². The molecule has 2 rings (SSSR count). The maximum absolute atomic E-state index is 12.5. The Morgan fingerprint density at radius 1 is 1.16 bits per heavy atom. The van der Waals surface area contributed by atoms with E-state index in [4.69, 9.17) is 9.47 Å². The molecule has 0 unspecified atom stereocenters. The van der Waals surface area contributed by atoms with Crippen molar-refractivity contribution in [3.05, 3.63) is 26.6 Å². The van der Waals surface area contributed by atoms with Gasteiger partial charge in [-0.05, 0) is 29.6 Å². The third-order valence-electron chi connectivity index (χ3n) is 4.50. The summed E-state index contributed by atoms with van der Waals surface area (Å²) in [7, 11) is 0. The SMILES string of the molecule is CCOC(=O)[C@@H]1[C@@H](C)[C@H](C(=O)OCC)S[C@@H]1NC(=O)Cn1cnc([N+](=O)[O-])c1[N+](=O)[O-]. The number of hydrogen-bond acceptors (Lipinski definition) is 11. The summed E-state index contributed by atoms with van der Waals surface area (Å²) in [6.45, 7) is 4.51. The number of rotatable bonds is 9.